The summed E-state index contributed by atoms with van der Waals surface area (Å²) < 4.78 is 12.3. The molecule has 1 atom stereocenters. The first-order chi connectivity index (χ1) is 22.9. The fourth-order valence-electron chi connectivity index (χ4n) is 6.83. The molecule has 11 heteroatoms. The van der Waals surface area contributed by atoms with Crippen LogP contribution in [0.2, 0.25) is 0 Å². The second-order valence-electron chi connectivity index (χ2n) is 12.8. The third-order valence-electron chi connectivity index (χ3n) is 9.57. The minimum absolute atomic E-state index is 0.0208. The Hall–Kier alpha value is -4.43. The maximum atomic E-state index is 14.1. The van der Waals surface area contributed by atoms with Gasteiger partial charge in [0.1, 0.15) is 24.2 Å². The smallest absolute Gasteiger partial charge is 0.407 e. The van der Waals surface area contributed by atoms with Gasteiger partial charge in [-0.25, -0.2) is 9.78 Å². The number of aromatic nitrogens is 3. The highest BCUT2D eigenvalue weighted by atomic mass is 16.5. The SMILES string of the molecule is COc1ccc(C2CCC(CN(C(=O)C3CCCCC3)c3cc(-c4cnn(C(C)COC(=O)NCCO)c4)ccn3)CC2)cc1C#N. The Bertz CT molecular complexity index is 1540. The molecule has 2 heterocycles. The number of carbonyl (C=O) groups is 2. The molecule has 0 saturated heterocycles. The quantitative estimate of drug-likeness (QED) is 0.245. The molecule has 2 fully saturated rings. The maximum absolute atomic E-state index is 14.1. The Balaban J connectivity index is 1.29. The number of nitrogens with one attached hydrogen (secondary N) is 1. The predicted octanol–water partition coefficient (Wildman–Crippen LogP) is 5.99. The van der Waals surface area contributed by atoms with Crippen LogP contribution < -0.4 is 15.0 Å². The number of methoxy groups -OCH3 is 1. The van der Waals surface area contributed by atoms with Crippen molar-refractivity contribution in [3.8, 4) is 22.9 Å². The molecule has 1 aromatic carbocycles. The summed E-state index contributed by atoms with van der Waals surface area (Å²) in [7, 11) is 1.59. The maximum Gasteiger partial charge on any atom is 0.407 e. The van der Waals surface area contributed by atoms with Crippen LogP contribution >= 0.6 is 0 Å². The molecule has 0 bridgehead atoms. The van der Waals surface area contributed by atoms with Crippen LogP contribution in [-0.4, -0.2) is 65.3 Å². The Kier molecular flexibility index (Phi) is 11.8. The van der Waals surface area contributed by atoms with Gasteiger partial charge in [-0.05, 0) is 92.7 Å². The highest BCUT2D eigenvalue weighted by Crippen LogP contribution is 2.39. The summed E-state index contributed by atoms with van der Waals surface area (Å²) in [5, 5.41) is 25.4. The van der Waals surface area contributed by atoms with Crippen LogP contribution in [0.4, 0.5) is 10.6 Å². The minimum Gasteiger partial charge on any atom is -0.495 e. The molecule has 5 rings (SSSR count). The topological polar surface area (TPSA) is 143 Å². The van der Waals surface area contributed by atoms with Crippen LogP contribution in [0.5, 0.6) is 5.75 Å². The number of nitrogens with zero attached hydrogens (tertiary/aromatic N) is 5. The monoisotopic (exact) mass is 642 g/mol. The lowest BCUT2D eigenvalue weighted by Crippen LogP contribution is -2.41. The summed E-state index contributed by atoms with van der Waals surface area (Å²) in [5.74, 6) is 2.20. The number of ether oxygens (including phenoxy) is 2. The van der Waals surface area contributed by atoms with Crippen LogP contribution in [0.3, 0.4) is 0 Å². The van der Waals surface area contributed by atoms with E-state index in [1.54, 1.807) is 24.2 Å². The molecular formula is C36H46N6O5. The van der Waals surface area contributed by atoms with E-state index < -0.39 is 6.09 Å². The van der Waals surface area contributed by atoms with Gasteiger partial charge in [0.05, 0.1) is 31.5 Å². The Morgan fingerprint density at radius 1 is 1.11 bits per heavy atom. The summed E-state index contributed by atoms with van der Waals surface area (Å²) in [6.07, 6.45) is 14.1. The van der Waals surface area contributed by atoms with Gasteiger partial charge < -0.3 is 19.9 Å². The van der Waals surface area contributed by atoms with Gasteiger partial charge in [0.2, 0.25) is 5.91 Å². The van der Waals surface area contributed by atoms with E-state index in [0.717, 1.165) is 62.5 Å². The van der Waals surface area contributed by atoms with E-state index in [2.05, 4.69) is 22.6 Å². The van der Waals surface area contributed by atoms with Crippen LogP contribution in [0.15, 0.2) is 48.9 Å². The highest BCUT2D eigenvalue weighted by molar-refractivity contribution is 5.94. The average molecular weight is 643 g/mol. The molecule has 2 saturated carbocycles. The number of rotatable bonds is 12. The number of aliphatic hydroxyl groups is 1. The zero-order valence-corrected chi connectivity index (χ0v) is 27.4. The Morgan fingerprint density at radius 3 is 2.62 bits per heavy atom. The van der Waals surface area contributed by atoms with Crippen molar-refractivity contribution in [3.63, 3.8) is 0 Å². The summed E-state index contributed by atoms with van der Waals surface area (Å²) in [6, 6.07) is 11.9. The fraction of sp³-hybridized carbons (Fsp3) is 0.528. The number of benzene rings is 1. The van der Waals surface area contributed by atoms with E-state index in [1.807, 2.05) is 42.3 Å². The van der Waals surface area contributed by atoms with Crippen molar-refractivity contribution >= 4 is 17.8 Å². The molecule has 2 N–H and O–H groups in total. The first kappa shape index (κ1) is 33.9. The number of carbonyl (C=O) groups excluding carboxylic acids is 2. The van der Waals surface area contributed by atoms with Gasteiger partial charge >= 0.3 is 6.09 Å². The van der Waals surface area contributed by atoms with E-state index in [-0.39, 0.29) is 37.6 Å². The zero-order valence-electron chi connectivity index (χ0n) is 27.4. The van der Waals surface area contributed by atoms with E-state index >= 15 is 0 Å². The number of anilines is 1. The molecule has 11 nitrogen and oxygen atoms in total. The molecule has 0 spiro atoms. The second-order valence-corrected chi connectivity index (χ2v) is 12.8. The van der Waals surface area contributed by atoms with Crippen LogP contribution in [0, 0.1) is 23.2 Å². The normalized spacial score (nSPS) is 18.9. The van der Waals surface area contributed by atoms with E-state index in [9.17, 15) is 14.9 Å². The number of nitriles is 1. The lowest BCUT2D eigenvalue weighted by molar-refractivity contribution is -0.123. The first-order valence-electron chi connectivity index (χ1n) is 16.8. The molecule has 1 unspecified atom stereocenters. The van der Waals surface area contributed by atoms with Gasteiger partial charge in [-0.15, -0.1) is 0 Å². The number of aliphatic hydroxyl groups excluding tert-OH is 1. The largest absolute Gasteiger partial charge is 0.495 e. The van der Waals surface area contributed by atoms with Crippen molar-refractivity contribution in [2.45, 2.75) is 76.7 Å². The molecule has 3 aromatic rings. The third kappa shape index (κ3) is 8.69. The van der Waals surface area contributed by atoms with Crippen LogP contribution in [0.1, 0.15) is 87.8 Å². The molecule has 47 heavy (non-hydrogen) atoms. The van der Waals surface area contributed by atoms with Gasteiger partial charge in [-0.2, -0.15) is 10.4 Å². The van der Waals surface area contributed by atoms with Gasteiger partial charge in [0.25, 0.3) is 0 Å². The summed E-state index contributed by atoms with van der Waals surface area (Å²) in [6.45, 7) is 2.66. The van der Waals surface area contributed by atoms with Crippen molar-refractivity contribution < 1.29 is 24.2 Å². The van der Waals surface area contributed by atoms with Gasteiger partial charge in [-0.3, -0.25) is 14.4 Å². The molecule has 0 aliphatic heterocycles. The van der Waals surface area contributed by atoms with Crippen molar-refractivity contribution in [2.75, 3.05) is 38.3 Å². The van der Waals surface area contributed by atoms with E-state index in [0.29, 0.717) is 35.5 Å². The number of hydrogen-bond acceptors (Lipinski definition) is 8. The molecule has 2 amide bonds. The Labute approximate surface area is 276 Å². The van der Waals surface area contributed by atoms with Crippen LogP contribution in [0.25, 0.3) is 11.1 Å². The molecular weight excluding hydrogens is 596 g/mol. The summed E-state index contributed by atoms with van der Waals surface area (Å²) >= 11 is 0. The number of hydrogen-bond donors (Lipinski definition) is 2. The van der Waals surface area contributed by atoms with E-state index in [1.165, 1.54) is 12.0 Å². The number of pyridine rings is 1. The summed E-state index contributed by atoms with van der Waals surface area (Å²) in [5.41, 5.74) is 3.54. The molecule has 2 aromatic heterocycles. The van der Waals surface area contributed by atoms with Crippen molar-refractivity contribution in [3.05, 3.63) is 60.0 Å². The standard InChI is InChI=1S/C36H46N6O5/c1-25(24-47-36(45)39-16-17-43)42-23-32(21-40-42)30-14-15-38-34(19-30)41(35(44)28-6-4-3-5-7-28)22-26-8-10-27(11-9-26)29-12-13-33(46-2)31(18-29)20-37/h12-15,18-19,21,23,25-28,43H,3-11,16-17,22,24H2,1-2H3,(H,39,45). The average Bonchev–Trinajstić information content (AvgIpc) is 3.63. The zero-order chi connectivity index (χ0) is 33.2. The Morgan fingerprint density at radius 2 is 1.89 bits per heavy atom. The highest BCUT2D eigenvalue weighted by Gasteiger charge is 2.31. The van der Waals surface area contributed by atoms with Crippen molar-refractivity contribution in [2.24, 2.45) is 11.8 Å². The first-order valence-corrected chi connectivity index (χ1v) is 16.8. The number of amides is 2. The third-order valence-corrected chi connectivity index (χ3v) is 9.57. The fourth-order valence-corrected chi connectivity index (χ4v) is 6.83. The number of alkyl carbamates (subject to hydrolysis) is 1. The predicted molar refractivity (Wildman–Crippen MR) is 178 cm³/mol. The van der Waals surface area contributed by atoms with Crippen molar-refractivity contribution in [1.29, 1.82) is 5.26 Å². The lowest BCUT2D eigenvalue weighted by Gasteiger charge is -2.35. The van der Waals surface area contributed by atoms with Crippen LogP contribution in [-0.2, 0) is 9.53 Å². The molecule has 2 aliphatic rings. The lowest BCUT2D eigenvalue weighted by atomic mass is 9.78. The minimum atomic E-state index is -0.581. The molecule has 250 valence electrons. The van der Waals surface area contributed by atoms with E-state index in [4.69, 9.17) is 19.6 Å². The molecule has 2 aliphatic carbocycles. The second kappa shape index (κ2) is 16.4. The van der Waals surface area contributed by atoms with Crippen molar-refractivity contribution in [1.82, 2.24) is 20.1 Å². The van der Waals surface area contributed by atoms with Gasteiger partial charge in [0, 0.05) is 37.0 Å². The van der Waals surface area contributed by atoms with Gasteiger partial charge in [-0.1, -0.05) is 25.3 Å². The summed E-state index contributed by atoms with van der Waals surface area (Å²) in [4.78, 5) is 32.5. The van der Waals surface area contributed by atoms with Gasteiger partial charge in [0.15, 0.2) is 0 Å². The molecule has 0 radical (unpaired) electrons.